The fourth-order valence-corrected chi connectivity index (χ4v) is 0.895. The maximum Gasteiger partial charge on any atom is 0.408 e. The summed E-state index contributed by atoms with van der Waals surface area (Å²) < 4.78 is 17.1. The third-order valence-corrected chi connectivity index (χ3v) is 1.54. The zero-order valence-electron chi connectivity index (χ0n) is 9.76. The average Bonchev–Trinajstić information content (AvgIpc) is 1.95. The van der Waals surface area contributed by atoms with Crippen LogP contribution in [0.25, 0.3) is 0 Å². The van der Waals surface area contributed by atoms with E-state index in [1.165, 1.54) is 0 Å². The van der Waals surface area contributed by atoms with Crippen LogP contribution in [0.5, 0.6) is 0 Å². The highest BCUT2D eigenvalue weighted by molar-refractivity contribution is 5.78. The van der Waals surface area contributed by atoms with Crippen molar-refractivity contribution in [3.05, 3.63) is 0 Å². The van der Waals surface area contributed by atoms with Crippen LogP contribution in [-0.2, 0) is 9.53 Å². The molecule has 88 valence electrons. The van der Waals surface area contributed by atoms with Gasteiger partial charge in [0.05, 0.1) is 0 Å². The highest BCUT2D eigenvalue weighted by Crippen LogP contribution is 2.10. The number of carbonyl (C=O) groups is 2. The Morgan fingerprint density at radius 3 is 2.00 bits per heavy atom. The van der Waals surface area contributed by atoms with Crippen molar-refractivity contribution in [2.45, 2.75) is 46.3 Å². The van der Waals surface area contributed by atoms with Crippen molar-refractivity contribution in [2.24, 2.45) is 5.92 Å². The zero-order chi connectivity index (χ0) is 12.2. The number of nitrogens with one attached hydrogen (secondary N) is 1. The van der Waals surface area contributed by atoms with E-state index in [9.17, 15) is 14.0 Å². The minimum absolute atomic E-state index is 0.381. The minimum atomic E-state index is -1.63. The molecule has 5 heteroatoms. The van der Waals surface area contributed by atoms with Gasteiger partial charge in [-0.25, -0.2) is 4.79 Å². The lowest BCUT2D eigenvalue weighted by atomic mass is 10.1. The fraction of sp³-hybridized carbons (Fsp3) is 0.800. The number of carbonyl (C=O) groups excluding carboxylic acids is 2. The van der Waals surface area contributed by atoms with Crippen molar-refractivity contribution in [3.8, 4) is 0 Å². The van der Waals surface area contributed by atoms with E-state index >= 15 is 0 Å². The molecule has 0 saturated heterocycles. The van der Waals surface area contributed by atoms with Crippen molar-refractivity contribution in [2.75, 3.05) is 0 Å². The lowest BCUT2D eigenvalue weighted by molar-refractivity contribution is -0.140. The Morgan fingerprint density at radius 1 is 1.27 bits per heavy atom. The summed E-state index contributed by atoms with van der Waals surface area (Å²) in [5, 5.41) is 2.48. The van der Waals surface area contributed by atoms with Gasteiger partial charge in [0, 0.05) is 11.5 Å². The van der Waals surface area contributed by atoms with Crippen LogP contribution in [0.3, 0.4) is 0 Å². The van der Waals surface area contributed by atoms with E-state index in [1.807, 2.05) is 0 Å². The molecule has 0 saturated carbocycles. The second-order valence-electron chi connectivity index (χ2n) is 4.75. The molecule has 1 atom stereocenters. The van der Waals surface area contributed by atoms with Crippen molar-refractivity contribution in [1.29, 1.82) is 0 Å². The smallest absolute Gasteiger partial charge is 0.408 e. The second-order valence-corrected chi connectivity index (χ2v) is 4.75. The molecule has 0 fully saturated rings. The van der Waals surface area contributed by atoms with Crippen LogP contribution in [0.15, 0.2) is 0 Å². The maximum atomic E-state index is 12.5. The molecule has 1 amide bonds. The fourth-order valence-electron chi connectivity index (χ4n) is 0.895. The van der Waals surface area contributed by atoms with Gasteiger partial charge in [0.25, 0.3) is 0 Å². The van der Waals surface area contributed by atoms with Gasteiger partial charge >= 0.3 is 12.1 Å². The number of alkyl carbamates (subject to hydrolysis) is 1. The van der Waals surface area contributed by atoms with Crippen LogP contribution in [0.4, 0.5) is 9.18 Å². The van der Waals surface area contributed by atoms with Gasteiger partial charge in [-0.2, -0.15) is 4.39 Å². The van der Waals surface area contributed by atoms with Crippen LogP contribution in [0.2, 0.25) is 0 Å². The lowest BCUT2D eigenvalue weighted by Crippen LogP contribution is -2.44. The van der Waals surface area contributed by atoms with Crippen LogP contribution < -0.4 is 5.32 Å². The van der Waals surface area contributed by atoms with Gasteiger partial charge in [-0.1, -0.05) is 13.8 Å². The van der Waals surface area contributed by atoms with Gasteiger partial charge in [-0.05, 0) is 20.8 Å². The summed E-state index contributed by atoms with van der Waals surface area (Å²) in [7, 11) is 0. The van der Waals surface area contributed by atoms with Gasteiger partial charge in [0.2, 0.25) is 0 Å². The van der Waals surface area contributed by atoms with E-state index in [0.29, 0.717) is 0 Å². The summed E-state index contributed by atoms with van der Waals surface area (Å²) in [6, 6.07) is -1.63. The number of hydrogen-bond donors (Lipinski definition) is 1. The molecule has 0 aromatic heterocycles. The van der Waals surface area contributed by atoms with Gasteiger partial charge in [-0.3, -0.25) is 4.79 Å². The molecule has 0 aliphatic rings. The molecule has 1 N–H and O–H groups in total. The van der Waals surface area contributed by atoms with Gasteiger partial charge in [0.15, 0.2) is 6.10 Å². The Bertz CT molecular complexity index is 246. The molecule has 0 bridgehead atoms. The summed E-state index contributed by atoms with van der Waals surface area (Å²) in [6.45, 7) is 8.49. The van der Waals surface area contributed by atoms with Crippen LogP contribution in [-0.4, -0.2) is 23.8 Å². The third kappa shape index (κ3) is 6.04. The standard InChI is InChI=1S/C10H18FNO3/c1-6(2)7(8(11)13)15-9(14)12-10(3,4)5/h6-7H,1-5H3,(H,12,14)/t7-/m0/s1. The molecule has 0 rings (SSSR count). The van der Waals surface area contributed by atoms with E-state index in [2.05, 4.69) is 10.1 Å². The predicted octanol–water partition coefficient (Wildman–Crippen LogP) is 2.03. The first-order valence-corrected chi connectivity index (χ1v) is 4.81. The summed E-state index contributed by atoms with van der Waals surface area (Å²) in [5.74, 6) is -0.381. The molecule has 0 unspecified atom stereocenters. The highest BCUT2D eigenvalue weighted by Gasteiger charge is 2.27. The molecule has 0 radical (unpaired) electrons. The molecular weight excluding hydrogens is 201 g/mol. The molecule has 0 heterocycles. The van der Waals surface area contributed by atoms with E-state index in [1.54, 1.807) is 34.6 Å². The number of hydrogen-bond acceptors (Lipinski definition) is 3. The molecule has 0 aliphatic heterocycles. The lowest BCUT2D eigenvalue weighted by Gasteiger charge is -2.23. The average molecular weight is 219 g/mol. The SMILES string of the molecule is CC(C)[C@H](OC(=O)NC(C)(C)C)C(=O)F. The zero-order valence-corrected chi connectivity index (χ0v) is 9.76. The molecule has 0 aromatic rings. The predicted molar refractivity (Wildman–Crippen MR) is 54.1 cm³/mol. The number of ether oxygens (including phenoxy) is 1. The molecule has 15 heavy (non-hydrogen) atoms. The van der Waals surface area contributed by atoms with Gasteiger partial charge < -0.3 is 10.1 Å². The first kappa shape index (κ1) is 13.9. The molecular formula is C10H18FNO3. The molecule has 4 nitrogen and oxygen atoms in total. The number of halogens is 1. The first-order valence-electron chi connectivity index (χ1n) is 4.81. The van der Waals surface area contributed by atoms with Gasteiger partial charge in [0.1, 0.15) is 0 Å². The van der Waals surface area contributed by atoms with E-state index in [0.717, 1.165) is 0 Å². The van der Waals surface area contributed by atoms with Crippen LogP contribution >= 0.6 is 0 Å². The Hall–Kier alpha value is -1.13. The Kier molecular flexibility index (Phi) is 4.71. The van der Waals surface area contributed by atoms with Crippen molar-refractivity contribution < 1.29 is 18.7 Å². The second kappa shape index (κ2) is 5.09. The topological polar surface area (TPSA) is 55.4 Å². The summed E-state index contributed by atoms with van der Waals surface area (Å²) in [5.41, 5.74) is -0.474. The van der Waals surface area contributed by atoms with Crippen LogP contribution in [0.1, 0.15) is 34.6 Å². The van der Waals surface area contributed by atoms with Crippen LogP contribution in [0, 0.1) is 5.92 Å². The van der Waals surface area contributed by atoms with E-state index in [-0.39, 0.29) is 5.92 Å². The summed E-state index contributed by atoms with van der Waals surface area (Å²) in [4.78, 5) is 21.7. The van der Waals surface area contributed by atoms with Crippen molar-refractivity contribution in [1.82, 2.24) is 5.32 Å². The summed E-state index contributed by atoms with van der Waals surface area (Å²) >= 11 is 0. The molecule has 0 aliphatic carbocycles. The maximum absolute atomic E-state index is 12.5. The highest BCUT2D eigenvalue weighted by atomic mass is 19.1. The first-order chi connectivity index (χ1) is 6.63. The number of rotatable bonds is 3. The largest absolute Gasteiger partial charge is 0.435 e. The van der Waals surface area contributed by atoms with Gasteiger partial charge in [-0.15, -0.1) is 0 Å². The Labute approximate surface area is 89.2 Å². The monoisotopic (exact) mass is 219 g/mol. The van der Waals surface area contributed by atoms with Crippen molar-refractivity contribution >= 4 is 12.1 Å². The van der Waals surface area contributed by atoms with E-state index in [4.69, 9.17) is 0 Å². The van der Waals surface area contributed by atoms with Crippen molar-refractivity contribution in [3.63, 3.8) is 0 Å². The quantitative estimate of drug-likeness (QED) is 0.739. The van der Waals surface area contributed by atoms with E-state index < -0.39 is 23.8 Å². The minimum Gasteiger partial charge on any atom is -0.435 e. The Balaban J connectivity index is 4.31. The summed E-state index contributed by atoms with van der Waals surface area (Å²) in [6.07, 6.45) is -2.11. The normalized spacial score (nSPS) is 13.5. The third-order valence-electron chi connectivity index (χ3n) is 1.54. The number of amides is 1. The molecule has 0 aromatic carbocycles. The molecule has 0 spiro atoms. The Morgan fingerprint density at radius 2 is 1.73 bits per heavy atom.